The molecule has 1 atom stereocenters. The van der Waals surface area contributed by atoms with Gasteiger partial charge in [-0.2, -0.15) is 5.26 Å². The van der Waals surface area contributed by atoms with Gasteiger partial charge in [-0.05, 0) is 42.1 Å². The number of H-pyrrole nitrogens is 1. The summed E-state index contributed by atoms with van der Waals surface area (Å²) in [6.45, 7) is 12.7. The molecular weight excluding hydrogens is 523 g/mol. The third-order valence-electron chi connectivity index (χ3n) is 5.27. The highest BCUT2D eigenvalue weighted by atomic mass is 32.2. The third kappa shape index (κ3) is 10.5. The lowest BCUT2D eigenvalue weighted by Crippen LogP contribution is -2.32. The lowest BCUT2D eigenvalue weighted by molar-refractivity contribution is 0.455. The number of terminal acetylenes is 1. The molecule has 1 aliphatic rings. The number of thiophene rings is 1. The number of hydrogen-bond acceptors (Lipinski definition) is 5. The van der Waals surface area contributed by atoms with E-state index in [0.717, 1.165) is 27.7 Å². The standard InChI is InChI=1S/C18H17N5OS2.C7H8.2C2H6.C2H2/c19-9-14-3-4-17-15(8-14)11-23(26(24)18-2-1-7-25-18)6-5-22(17)12-16-10-20-13-21-16;1-7-5-3-2-4-6-7;3*1-2/h1-4,7-8,10,13H,5-6,11-12H2,(H,20,21);2-6H,1H3;2*1-2H3;1-2H. The minimum atomic E-state index is -1.20. The van der Waals surface area contributed by atoms with Crippen molar-refractivity contribution in [2.45, 2.75) is 51.9 Å². The van der Waals surface area contributed by atoms with Gasteiger partial charge in [0.2, 0.25) is 0 Å². The molecule has 2 aromatic heterocycles. The van der Waals surface area contributed by atoms with Crippen molar-refractivity contribution < 1.29 is 4.21 Å². The Balaban J connectivity index is 0.000000493. The largest absolute Gasteiger partial charge is 0.364 e. The molecule has 0 saturated heterocycles. The predicted molar refractivity (Wildman–Crippen MR) is 166 cm³/mol. The van der Waals surface area contributed by atoms with Gasteiger partial charge in [-0.3, -0.25) is 0 Å². The first-order chi connectivity index (χ1) is 19.1. The Bertz CT molecular complexity index is 1260. The van der Waals surface area contributed by atoms with E-state index in [0.29, 0.717) is 25.2 Å². The highest BCUT2D eigenvalue weighted by Crippen LogP contribution is 2.29. The van der Waals surface area contributed by atoms with E-state index in [4.69, 9.17) is 0 Å². The van der Waals surface area contributed by atoms with Gasteiger partial charge in [-0.15, -0.1) is 24.2 Å². The van der Waals surface area contributed by atoms with Crippen molar-refractivity contribution in [2.24, 2.45) is 0 Å². The highest BCUT2D eigenvalue weighted by molar-refractivity contribution is 7.85. The van der Waals surface area contributed by atoms with Crippen LogP contribution in [0.15, 0.2) is 82.8 Å². The lowest BCUT2D eigenvalue weighted by atomic mass is 10.1. The summed E-state index contributed by atoms with van der Waals surface area (Å²) in [6.07, 6.45) is 11.5. The summed E-state index contributed by atoms with van der Waals surface area (Å²) < 4.78 is 15.8. The molecule has 4 aromatic rings. The number of nitrogens with one attached hydrogen (secondary N) is 1. The number of aromatic amines is 1. The van der Waals surface area contributed by atoms with Gasteiger partial charge in [0.1, 0.15) is 15.2 Å². The molecule has 206 valence electrons. The summed E-state index contributed by atoms with van der Waals surface area (Å²) >= 11 is 1.50. The second kappa shape index (κ2) is 19.4. The van der Waals surface area contributed by atoms with Crippen molar-refractivity contribution in [3.8, 4) is 18.9 Å². The number of nitriles is 1. The summed E-state index contributed by atoms with van der Waals surface area (Å²) in [5.74, 6) is 0. The van der Waals surface area contributed by atoms with Crippen LogP contribution in [0.2, 0.25) is 0 Å². The van der Waals surface area contributed by atoms with E-state index in [1.54, 1.807) is 6.33 Å². The number of fused-ring (bicyclic) bond motifs is 1. The maximum absolute atomic E-state index is 12.9. The number of nitrogens with zero attached hydrogens (tertiary/aromatic N) is 4. The number of hydrogen-bond donors (Lipinski definition) is 1. The summed E-state index contributed by atoms with van der Waals surface area (Å²) in [6, 6.07) is 22.0. The van der Waals surface area contributed by atoms with Crippen LogP contribution in [-0.4, -0.2) is 31.6 Å². The predicted octanol–water partition coefficient (Wildman–Crippen LogP) is 7.18. The van der Waals surface area contributed by atoms with E-state index in [-0.39, 0.29) is 0 Å². The molecule has 1 aliphatic heterocycles. The molecule has 0 bridgehead atoms. The van der Waals surface area contributed by atoms with Crippen LogP contribution in [0.4, 0.5) is 5.69 Å². The third-order valence-corrected chi connectivity index (χ3v) is 7.91. The Labute approximate surface area is 240 Å². The van der Waals surface area contributed by atoms with E-state index in [9.17, 15) is 9.47 Å². The van der Waals surface area contributed by atoms with Gasteiger partial charge in [0.15, 0.2) is 0 Å². The van der Waals surface area contributed by atoms with Crippen molar-refractivity contribution in [3.05, 3.63) is 101 Å². The Morgan fingerprint density at radius 2 is 1.77 bits per heavy atom. The number of imidazole rings is 1. The van der Waals surface area contributed by atoms with Crippen molar-refractivity contribution in [1.29, 1.82) is 5.26 Å². The molecule has 0 aliphatic carbocycles. The average Bonchev–Trinajstić information content (AvgIpc) is 3.70. The fourth-order valence-corrected chi connectivity index (χ4v) is 5.83. The first kappa shape index (κ1) is 33.3. The van der Waals surface area contributed by atoms with Crippen molar-refractivity contribution in [1.82, 2.24) is 14.3 Å². The lowest BCUT2D eigenvalue weighted by Gasteiger charge is -2.24. The smallest absolute Gasteiger partial charge is 0.138 e. The zero-order valence-electron chi connectivity index (χ0n) is 23.5. The molecule has 3 heterocycles. The molecule has 8 heteroatoms. The number of anilines is 1. The van der Waals surface area contributed by atoms with Crippen LogP contribution in [0, 0.1) is 31.1 Å². The second-order valence-corrected chi connectivity index (χ2v) is 10.3. The fourth-order valence-electron chi connectivity index (χ4n) is 3.62. The molecule has 5 rings (SSSR count). The van der Waals surface area contributed by atoms with Crippen LogP contribution >= 0.6 is 11.3 Å². The SMILES string of the molecule is C#C.CC.CC.Cc1ccccc1.N#Cc1ccc2c(c1)CN(S(=O)c1cccs1)CCN2Cc1cnc[nH]1. The minimum absolute atomic E-state index is 0.550. The van der Waals surface area contributed by atoms with E-state index in [1.807, 2.05) is 92.1 Å². The van der Waals surface area contributed by atoms with Gasteiger partial charge in [0, 0.05) is 31.5 Å². The molecule has 1 unspecified atom stereocenters. The summed E-state index contributed by atoms with van der Waals surface area (Å²) in [5, 5.41) is 11.2. The van der Waals surface area contributed by atoms with Gasteiger partial charge >= 0.3 is 0 Å². The van der Waals surface area contributed by atoms with E-state index in [2.05, 4.69) is 52.8 Å². The molecule has 39 heavy (non-hydrogen) atoms. The first-order valence-corrected chi connectivity index (χ1v) is 14.9. The molecule has 0 radical (unpaired) electrons. The van der Waals surface area contributed by atoms with Gasteiger partial charge in [0.25, 0.3) is 0 Å². The van der Waals surface area contributed by atoms with Crippen molar-refractivity contribution in [2.75, 3.05) is 18.0 Å². The molecule has 0 spiro atoms. The van der Waals surface area contributed by atoms with Crippen LogP contribution in [-0.2, 0) is 24.1 Å². The summed E-state index contributed by atoms with van der Waals surface area (Å²) in [5.41, 5.74) is 5.06. The number of benzene rings is 2. The van der Waals surface area contributed by atoms with Crippen molar-refractivity contribution >= 4 is 28.0 Å². The van der Waals surface area contributed by atoms with Crippen LogP contribution in [0.1, 0.15) is 50.1 Å². The Hall–Kier alpha value is -3.69. The van der Waals surface area contributed by atoms with E-state index in [1.165, 1.54) is 16.9 Å². The topological polar surface area (TPSA) is 76.0 Å². The van der Waals surface area contributed by atoms with E-state index < -0.39 is 11.0 Å². The average molecular weight is 562 g/mol. The molecule has 0 saturated carbocycles. The molecule has 6 nitrogen and oxygen atoms in total. The quantitative estimate of drug-likeness (QED) is 0.268. The zero-order valence-corrected chi connectivity index (χ0v) is 25.1. The monoisotopic (exact) mass is 561 g/mol. The number of aromatic nitrogens is 2. The summed E-state index contributed by atoms with van der Waals surface area (Å²) in [4.78, 5) is 9.47. The molecule has 0 fully saturated rings. The van der Waals surface area contributed by atoms with E-state index >= 15 is 0 Å². The first-order valence-electron chi connectivity index (χ1n) is 12.9. The number of aryl methyl sites for hydroxylation is 1. The summed E-state index contributed by atoms with van der Waals surface area (Å²) in [7, 11) is -1.20. The van der Waals surface area contributed by atoms with Crippen LogP contribution in [0.3, 0.4) is 0 Å². The molecule has 0 amide bonds. The van der Waals surface area contributed by atoms with Gasteiger partial charge < -0.3 is 9.88 Å². The van der Waals surface area contributed by atoms with Gasteiger partial charge in [0.05, 0.1) is 30.2 Å². The maximum atomic E-state index is 12.9. The zero-order chi connectivity index (χ0) is 29.0. The molecular formula is C31H39N5OS2. The second-order valence-electron chi connectivity index (χ2n) is 7.65. The Morgan fingerprint density at radius 3 is 2.31 bits per heavy atom. The Kier molecular flexibility index (Phi) is 16.6. The maximum Gasteiger partial charge on any atom is 0.138 e. The van der Waals surface area contributed by atoms with Gasteiger partial charge in [-0.1, -0.05) is 69.7 Å². The normalized spacial score (nSPS) is 12.5. The fraction of sp³-hybridized carbons (Fsp3) is 0.290. The molecule has 2 aromatic carbocycles. The van der Waals surface area contributed by atoms with Crippen LogP contribution in [0.25, 0.3) is 0 Å². The highest BCUT2D eigenvalue weighted by Gasteiger charge is 2.25. The van der Waals surface area contributed by atoms with Crippen LogP contribution in [0.5, 0.6) is 0 Å². The van der Waals surface area contributed by atoms with Gasteiger partial charge in [-0.25, -0.2) is 13.5 Å². The minimum Gasteiger partial charge on any atom is -0.364 e. The Morgan fingerprint density at radius 1 is 1.05 bits per heavy atom. The number of rotatable bonds is 4. The van der Waals surface area contributed by atoms with Crippen molar-refractivity contribution in [3.63, 3.8) is 0 Å². The molecule has 1 N–H and O–H groups in total. The van der Waals surface area contributed by atoms with Crippen LogP contribution < -0.4 is 4.90 Å².